The monoisotopic (exact) mass is 680 g/mol. The molecule has 1 amide bonds. The van der Waals surface area contributed by atoms with Gasteiger partial charge in [-0.2, -0.15) is 13.2 Å². The number of aliphatic hydroxyl groups excluding tert-OH is 1. The fourth-order valence-corrected chi connectivity index (χ4v) is 6.10. The van der Waals surface area contributed by atoms with Crippen molar-refractivity contribution in [1.82, 2.24) is 25.4 Å². The summed E-state index contributed by atoms with van der Waals surface area (Å²) in [5.41, 5.74) is 14.7. The number of nitrogens with two attached hydrogens (primary N) is 2. The minimum absolute atomic E-state index is 0.0716. The molecule has 2 fully saturated rings. The maximum absolute atomic E-state index is 14.2. The number of nitrogens with one attached hydrogen (secondary N) is 2. The second-order valence-electron chi connectivity index (χ2n) is 12.2. The molecule has 0 radical (unpaired) electrons. The van der Waals surface area contributed by atoms with Gasteiger partial charge in [-0.25, -0.2) is 4.98 Å². The fraction of sp³-hybridized carbons (Fsp3) is 0.400. The zero-order valence-corrected chi connectivity index (χ0v) is 27.4. The molecule has 2 atom stereocenters. The summed E-state index contributed by atoms with van der Waals surface area (Å²) in [6.45, 7) is 4.86. The molecule has 14 heteroatoms. The number of β-amino-alcohol motifs (C(OH)–C–C–N with tert-alkyl or cyclic N) is 1. The zero-order valence-electron chi connectivity index (χ0n) is 27.4. The first kappa shape index (κ1) is 36.0. The lowest BCUT2D eigenvalue weighted by Gasteiger charge is -2.34. The molecule has 0 unspecified atom stereocenters. The molecule has 262 valence electrons. The van der Waals surface area contributed by atoms with E-state index in [0.29, 0.717) is 68.1 Å². The Bertz CT molecular complexity index is 1640. The van der Waals surface area contributed by atoms with Crippen molar-refractivity contribution in [3.05, 3.63) is 88.7 Å². The Balaban J connectivity index is 1.20. The van der Waals surface area contributed by atoms with Crippen LogP contribution in [0.3, 0.4) is 0 Å². The van der Waals surface area contributed by atoms with Gasteiger partial charge in [-0.3, -0.25) is 19.6 Å². The molecule has 7 N–H and O–H groups in total. The van der Waals surface area contributed by atoms with Crippen molar-refractivity contribution in [2.45, 2.75) is 31.5 Å². The number of amides is 1. The van der Waals surface area contributed by atoms with E-state index in [1.165, 1.54) is 18.5 Å². The normalized spacial score (nSPS) is 19.5. The lowest BCUT2D eigenvalue weighted by atomic mass is 9.97. The van der Waals surface area contributed by atoms with Crippen LogP contribution >= 0.6 is 0 Å². The molecule has 0 aliphatic carbocycles. The highest BCUT2D eigenvalue weighted by Crippen LogP contribution is 2.36. The number of pyridine rings is 1. The van der Waals surface area contributed by atoms with E-state index in [4.69, 9.17) is 21.3 Å². The van der Waals surface area contributed by atoms with Crippen LogP contribution in [0.1, 0.15) is 32.6 Å². The number of aliphatic hydroxyl groups is 1. The number of piperazine rings is 1. The van der Waals surface area contributed by atoms with Crippen molar-refractivity contribution in [1.29, 1.82) is 0 Å². The van der Waals surface area contributed by atoms with Crippen molar-refractivity contribution in [3.63, 3.8) is 0 Å². The van der Waals surface area contributed by atoms with Crippen molar-refractivity contribution >= 4 is 23.5 Å². The third-order valence-electron chi connectivity index (χ3n) is 8.86. The summed E-state index contributed by atoms with van der Waals surface area (Å²) < 4.78 is 48.7. The number of carbonyl (C=O) groups is 1. The molecule has 2 aromatic carbocycles. The molecular formula is C35H43F3N8O3. The predicted octanol–water partition coefficient (Wildman–Crippen LogP) is 2.75. The second-order valence-corrected chi connectivity index (χ2v) is 12.2. The van der Waals surface area contributed by atoms with Gasteiger partial charge in [0.15, 0.2) is 0 Å². The summed E-state index contributed by atoms with van der Waals surface area (Å²) in [5.74, 6) is -0.312. The first-order valence-electron chi connectivity index (χ1n) is 16.2. The van der Waals surface area contributed by atoms with E-state index in [1.54, 1.807) is 43.6 Å². The van der Waals surface area contributed by atoms with Gasteiger partial charge in [0.25, 0.3) is 5.91 Å². The molecular weight excluding hydrogens is 637 g/mol. The van der Waals surface area contributed by atoms with E-state index in [2.05, 4.69) is 25.5 Å². The summed E-state index contributed by atoms with van der Waals surface area (Å²) >= 11 is 0. The molecule has 1 aromatic heterocycles. The first-order chi connectivity index (χ1) is 23.6. The van der Waals surface area contributed by atoms with Crippen LogP contribution < -0.4 is 22.1 Å². The van der Waals surface area contributed by atoms with E-state index in [9.17, 15) is 18.0 Å². The Morgan fingerprint density at radius 2 is 1.82 bits per heavy atom. The summed E-state index contributed by atoms with van der Waals surface area (Å²) in [7, 11) is 1.61. The number of anilines is 1. The van der Waals surface area contributed by atoms with Crippen LogP contribution in [0.5, 0.6) is 0 Å². The number of alkyl halides is 3. The molecule has 0 saturated carbocycles. The predicted molar refractivity (Wildman–Crippen MR) is 184 cm³/mol. The van der Waals surface area contributed by atoms with Crippen LogP contribution in [0.2, 0.25) is 0 Å². The molecule has 11 nitrogen and oxygen atoms in total. The third kappa shape index (κ3) is 9.22. The number of rotatable bonds is 12. The van der Waals surface area contributed by atoms with Gasteiger partial charge in [0, 0.05) is 89.2 Å². The number of nitrogen functional groups attached to an aromatic ring is 1. The van der Waals surface area contributed by atoms with E-state index in [-0.39, 0.29) is 48.8 Å². The van der Waals surface area contributed by atoms with Crippen LogP contribution in [-0.2, 0) is 24.1 Å². The second kappa shape index (κ2) is 16.4. The highest BCUT2D eigenvalue weighted by atomic mass is 19.4. The minimum atomic E-state index is -4.49. The molecule has 49 heavy (non-hydrogen) atoms. The minimum Gasteiger partial charge on any atom is -0.404 e. The van der Waals surface area contributed by atoms with Gasteiger partial charge in [0.05, 0.1) is 36.5 Å². The first-order valence-corrected chi connectivity index (χ1v) is 16.2. The lowest BCUT2D eigenvalue weighted by molar-refractivity contribution is -0.138. The van der Waals surface area contributed by atoms with Crippen LogP contribution in [0, 0.1) is 0 Å². The SMILES string of the molecule is CN=CC(=CN)c1cnc(N)c(C(=O)N[C@H]2CNC[C@@H]2OCc2ccc(-c3ccc(CN4CCN(CCO)CC4)c(C(F)(F)F)c3)cc2)c1. The summed E-state index contributed by atoms with van der Waals surface area (Å²) in [6.07, 6.45) is -0.351. The zero-order chi connectivity index (χ0) is 35.0. The maximum atomic E-state index is 14.2. The van der Waals surface area contributed by atoms with Crippen molar-refractivity contribution < 1.29 is 27.8 Å². The van der Waals surface area contributed by atoms with E-state index in [1.807, 2.05) is 17.0 Å². The molecule has 0 bridgehead atoms. The average molecular weight is 681 g/mol. The molecule has 2 saturated heterocycles. The van der Waals surface area contributed by atoms with Crippen LogP contribution in [0.15, 0.2) is 65.9 Å². The summed E-state index contributed by atoms with van der Waals surface area (Å²) in [4.78, 5) is 25.4. The van der Waals surface area contributed by atoms with Gasteiger partial charge in [0.1, 0.15) is 5.82 Å². The van der Waals surface area contributed by atoms with Crippen LogP contribution in [0.25, 0.3) is 16.7 Å². The third-order valence-corrected chi connectivity index (χ3v) is 8.86. The van der Waals surface area contributed by atoms with Crippen molar-refractivity contribution in [2.75, 3.05) is 65.2 Å². The number of carbonyl (C=O) groups excluding carboxylic acids is 1. The van der Waals surface area contributed by atoms with Gasteiger partial charge in [0.2, 0.25) is 0 Å². The molecule has 0 spiro atoms. The number of benzene rings is 2. The van der Waals surface area contributed by atoms with Gasteiger partial charge in [-0.1, -0.05) is 36.4 Å². The standard InChI is InChI=1S/C35H43F3N8O3/c1-41-17-28(16-39)27-14-29(33(40)43-18-27)34(48)44-31-19-42-20-32(31)49-22-23-2-4-24(5-3-23)25-6-7-26(30(15-25)35(36,37)38)21-46-10-8-45(9-11-46)12-13-47/h2-7,14-18,31-32,42,47H,8-13,19-22,39H2,1H3,(H2,40,43)(H,44,48)/t31-,32-/m0/s1. The highest BCUT2D eigenvalue weighted by molar-refractivity contribution is 6.10. The Morgan fingerprint density at radius 1 is 1.10 bits per heavy atom. The van der Waals surface area contributed by atoms with Gasteiger partial charge < -0.3 is 31.9 Å². The van der Waals surface area contributed by atoms with E-state index >= 15 is 0 Å². The van der Waals surface area contributed by atoms with Crippen LogP contribution in [0.4, 0.5) is 19.0 Å². The molecule has 3 aromatic rings. The summed E-state index contributed by atoms with van der Waals surface area (Å²) in [5, 5.41) is 15.4. The van der Waals surface area contributed by atoms with E-state index in [0.717, 1.165) is 5.56 Å². The fourth-order valence-electron chi connectivity index (χ4n) is 6.10. The van der Waals surface area contributed by atoms with Gasteiger partial charge in [-0.05, 0) is 34.4 Å². The number of aromatic nitrogens is 1. The van der Waals surface area contributed by atoms with E-state index < -0.39 is 17.6 Å². The number of aliphatic imine (C=N–C) groups is 1. The number of allylic oxidation sites excluding steroid dienone is 1. The van der Waals surface area contributed by atoms with Crippen molar-refractivity contribution in [2.24, 2.45) is 10.7 Å². The van der Waals surface area contributed by atoms with Crippen LogP contribution in [-0.4, -0.2) is 104 Å². The Labute approximate surface area is 283 Å². The Kier molecular flexibility index (Phi) is 12.0. The van der Waals surface area contributed by atoms with Gasteiger partial charge in [-0.15, -0.1) is 0 Å². The largest absolute Gasteiger partial charge is 0.416 e. The molecule has 3 heterocycles. The Morgan fingerprint density at radius 3 is 2.49 bits per heavy atom. The number of hydrogen-bond acceptors (Lipinski definition) is 10. The summed E-state index contributed by atoms with van der Waals surface area (Å²) in [6, 6.07) is 13.1. The Hall–Kier alpha value is -4.34. The number of ether oxygens (including phenoxy) is 1. The lowest BCUT2D eigenvalue weighted by Crippen LogP contribution is -2.46. The smallest absolute Gasteiger partial charge is 0.404 e. The average Bonchev–Trinajstić information content (AvgIpc) is 3.54. The van der Waals surface area contributed by atoms with Crippen molar-refractivity contribution in [3.8, 4) is 11.1 Å². The number of halogens is 3. The number of nitrogens with zero attached hydrogens (tertiary/aromatic N) is 4. The number of hydrogen-bond donors (Lipinski definition) is 5. The molecule has 2 aliphatic rings. The quantitative estimate of drug-likeness (QED) is 0.182. The highest BCUT2D eigenvalue weighted by Gasteiger charge is 2.34. The van der Waals surface area contributed by atoms with Gasteiger partial charge >= 0.3 is 6.18 Å². The maximum Gasteiger partial charge on any atom is 0.416 e. The topological polar surface area (TPSA) is 154 Å². The molecule has 5 rings (SSSR count). The molecule has 2 aliphatic heterocycles.